The van der Waals surface area contributed by atoms with Crippen LogP contribution in [0.4, 0.5) is 9.59 Å². The van der Waals surface area contributed by atoms with Crippen molar-refractivity contribution in [2.45, 2.75) is 183 Å². The SMILES string of the molecule is CC(C)C1C(=O)C[C@]2(NC(=O)NC3CCN(C(=O)OC(C)(C)C)CC3)CC[C@]3(C)C(=C12)CC[C@@H]1[C@@]2(C)CC[C@H](OC(=O)CC(C)(C)C(=O)O)C(C)(C)[C@@H]2CC[C@]13C. The summed E-state index contributed by atoms with van der Waals surface area (Å²) in [7, 11) is 0. The van der Waals surface area contributed by atoms with Crippen molar-refractivity contribution >= 4 is 29.8 Å². The molecule has 3 N–H and O–H groups in total. The van der Waals surface area contributed by atoms with Crippen LogP contribution in [0.3, 0.4) is 0 Å². The van der Waals surface area contributed by atoms with Crippen LogP contribution < -0.4 is 10.6 Å². The van der Waals surface area contributed by atoms with Crippen molar-refractivity contribution in [3.05, 3.63) is 11.1 Å². The minimum Gasteiger partial charge on any atom is -0.481 e. The maximum absolute atomic E-state index is 14.1. The zero-order valence-corrected chi connectivity index (χ0v) is 37.1. The molecule has 6 rings (SSSR count). The summed E-state index contributed by atoms with van der Waals surface area (Å²) >= 11 is 0. The van der Waals surface area contributed by atoms with E-state index in [1.165, 1.54) is 11.1 Å². The van der Waals surface area contributed by atoms with Gasteiger partial charge in [-0.1, -0.05) is 54.0 Å². The number of Topliss-reactive ketones (excluding diaryl/α,β-unsaturated/α-hetero) is 1. The molecular formula is C46H73N3O8. The predicted molar refractivity (Wildman–Crippen MR) is 218 cm³/mol. The van der Waals surface area contributed by atoms with Gasteiger partial charge < -0.3 is 30.1 Å². The van der Waals surface area contributed by atoms with E-state index in [0.29, 0.717) is 44.2 Å². The van der Waals surface area contributed by atoms with E-state index < -0.39 is 28.5 Å². The van der Waals surface area contributed by atoms with E-state index in [1.807, 2.05) is 20.8 Å². The third-order valence-corrected chi connectivity index (χ3v) is 16.6. The summed E-state index contributed by atoms with van der Waals surface area (Å²) in [5.41, 5.74) is -0.253. The lowest BCUT2D eigenvalue weighted by Crippen LogP contribution is -2.65. The molecular weight excluding hydrogens is 723 g/mol. The minimum atomic E-state index is -1.18. The van der Waals surface area contributed by atoms with Gasteiger partial charge in [-0.25, -0.2) is 9.59 Å². The van der Waals surface area contributed by atoms with Crippen molar-refractivity contribution < 1.29 is 38.6 Å². The van der Waals surface area contributed by atoms with Crippen molar-refractivity contribution in [2.24, 2.45) is 50.7 Å². The van der Waals surface area contributed by atoms with Crippen LogP contribution in [0.2, 0.25) is 0 Å². The lowest BCUT2D eigenvalue weighted by molar-refractivity contribution is -0.214. The summed E-state index contributed by atoms with van der Waals surface area (Å²) in [5, 5.41) is 16.3. The highest BCUT2D eigenvalue weighted by Gasteiger charge is 2.69. The molecule has 5 fully saturated rings. The van der Waals surface area contributed by atoms with Crippen molar-refractivity contribution in [3.8, 4) is 0 Å². The second-order valence-electron chi connectivity index (χ2n) is 22.3. The number of ketones is 1. The van der Waals surface area contributed by atoms with E-state index in [2.05, 4.69) is 59.1 Å². The average Bonchev–Trinajstić information content (AvgIpc) is 3.37. The molecule has 0 aromatic heterocycles. The molecule has 57 heavy (non-hydrogen) atoms. The number of carbonyl (C=O) groups excluding carboxylic acids is 4. The van der Waals surface area contributed by atoms with Crippen LogP contribution in [0.25, 0.3) is 0 Å². The lowest BCUT2D eigenvalue weighted by Gasteiger charge is -2.70. The smallest absolute Gasteiger partial charge is 0.410 e. The maximum atomic E-state index is 14.1. The monoisotopic (exact) mass is 796 g/mol. The fraction of sp³-hybridized carbons (Fsp3) is 0.848. The summed E-state index contributed by atoms with van der Waals surface area (Å²) in [6.45, 7) is 26.0. The van der Waals surface area contributed by atoms with Gasteiger partial charge in [-0.05, 0) is 138 Å². The summed E-state index contributed by atoms with van der Waals surface area (Å²) in [6, 6.07) is -0.309. The molecule has 11 nitrogen and oxygen atoms in total. The van der Waals surface area contributed by atoms with Crippen molar-refractivity contribution in [2.75, 3.05) is 13.1 Å². The first-order valence-electron chi connectivity index (χ1n) is 22.0. The number of rotatable bonds is 7. The molecule has 0 spiro atoms. The Morgan fingerprint density at radius 3 is 2.12 bits per heavy atom. The molecule has 4 saturated carbocycles. The number of carboxylic acid groups (broad SMARTS) is 1. The number of hydrogen-bond acceptors (Lipinski definition) is 7. The molecule has 11 heteroatoms. The lowest BCUT2D eigenvalue weighted by atomic mass is 9.34. The average molecular weight is 796 g/mol. The van der Waals surface area contributed by atoms with E-state index in [9.17, 15) is 29.1 Å². The highest BCUT2D eigenvalue weighted by atomic mass is 16.6. The number of carbonyl (C=O) groups is 5. The molecule has 1 saturated heterocycles. The first-order chi connectivity index (χ1) is 26.2. The number of allylic oxidation sites excluding steroid dienone is 1. The largest absolute Gasteiger partial charge is 0.481 e. The number of amides is 3. The Balaban J connectivity index is 1.22. The number of urea groups is 1. The van der Waals surface area contributed by atoms with Crippen LogP contribution in [0.5, 0.6) is 0 Å². The minimum absolute atomic E-state index is 0.0202. The third kappa shape index (κ3) is 7.42. The number of fused-ring (bicyclic) bond motifs is 6. The highest BCUT2D eigenvalue weighted by molar-refractivity contribution is 5.92. The second-order valence-corrected chi connectivity index (χ2v) is 22.3. The predicted octanol–water partition coefficient (Wildman–Crippen LogP) is 8.83. The van der Waals surface area contributed by atoms with Gasteiger partial charge in [-0.15, -0.1) is 0 Å². The van der Waals surface area contributed by atoms with Gasteiger partial charge in [-0.2, -0.15) is 0 Å². The Morgan fingerprint density at radius 1 is 0.877 bits per heavy atom. The van der Waals surface area contributed by atoms with Gasteiger partial charge >= 0.3 is 24.1 Å². The Hall–Kier alpha value is -3.11. The van der Waals surface area contributed by atoms with E-state index in [1.54, 1.807) is 18.7 Å². The molecule has 0 bridgehead atoms. The van der Waals surface area contributed by atoms with Gasteiger partial charge in [0.25, 0.3) is 0 Å². The number of esters is 1. The van der Waals surface area contributed by atoms with Gasteiger partial charge in [-0.3, -0.25) is 14.4 Å². The first kappa shape index (κ1) is 43.5. The molecule has 1 heterocycles. The van der Waals surface area contributed by atoms with Crippen LogP contribution in [-0.4, -0.2) is 76.2 Å². The van der Waals surface area contributed by atoms with Crippen LogP contribution >= 0.6 is 0 Å². The Labute approximate surface area is 341 Å². The quantitative estimate of drug-likeness (QED) is 0.171. The third-order valence-electron chi connectivity index (χ3n) is 16.6. The van der Waals surface area contributed by atoms with Crippen LogP contribution in [-0.2, 0) is 23.9 Å². The molecule has 1 unspecified atom stereocenters. The molecule has 6 aliphatic rings. The summed E-state index contributed by atoms with van der Waals surface area (Å²) in [4.78, 5) is 67.3. The van der Waals surface area contributed by atoms with Crippen LogP contribution in [0.15, 0.2) is 11.1 Å². The molecule has 8 atom stereocenters. The van der Waals surface area contributed by atoms with E-state index in [0.717, 1.165) is 51.4 Å². The standard InChI is InChI=1S/C46H73N3O8/c1-27(2)35-30(50)25-46(48-38(54)47-28-17-23-49(24-18-28)39(55)57-40(3,4)5)22-21-44(11)29(36(35)46)13-14-32-43(10)19-16-33(56-34(51)26-41(6,7)37(52)53)42(8,9)31(43)15-20-45(32,44)12/h27-28,31-33,35H,13-26H2,1-12H3,(H,52,53)(H2,47,48,54)/t31-,32+,33-,35?,43-,44+,45+,46+/m0/s1. The molecule has 320 valence electrons. The van der Waals surface area contributed by atoms with E-state index in [4.69, 9.17) is 9.47 Å². The molecule has 5 aliphatic carbocycles. The van der Waals surface area contributed by atoms with Gasteiger partial charge in [0.05, 0.1) is 17.4 Å². The summed E-state index contributed by atoms with van der Waals surface area (Å²) in [5.74, 6) is -0.550. The summed E-state index contributed by atoms with van der Waals surface area (Å²) < 4.78 is 11.7. The topological polar surface area (TPSA) is 151 Å². The van der Waals surface area contributed by atoms with Crippen LogP contribution in [0, 0.1) is 50.7 Å². The first-order valence-corrected chi connectivity index (χ1v) is 22.0. The number of ether oxygens (including phenoxy) is 2. The number of piperidine rings is 1. The zero-order valence-electron chi connectivity index (χ0n) is 37.1. The van der Waals surface area contributed by atoms with Crippen molar-refractivity contribution in [1.82, 2.24) is 15.5 Å². The summed E-state index contributed by atoms with van der Waals surface area (Å²) in [6.07, 6.45) is 8.14. The number of hydrogen-bond donors (Lipinski definition) is 3. The molecule has 0 aromatic rings. The van der Waals surface area contributed by atoms with Gasteiger partial charge in [0, 0.05) is 36.9 Å². The zero-order chi connectivity index (χ0) is 42.3. The van der Waals surface area contributed by atoms with Gasteiger partial charge in [0.15, 0.2) is 0 Å². The Morgan fingerprint density at radius 2 is 1.53 bits per heavy atom. The van der Waals surface area contributed by atoms with Crippen molar-refractivity contribution in [1.29, 1.82) is 0 Å². The Kier molecular flexibility index (Phi) is 11.1. The highest BCUT2D eigenvalue weighted by Crippen LogP contribution is 2.75. The number of carboxylic acids is 1. The fourth-order valence-corrected chi connectivity index (χ4v) is 13.4. The number of nitrogens with one attached hydrogen (secondary N) is 2. The fourth-order valence-electron chi connectivity index (χ4n) is 13.4. The van der Waals surface area contributed by atoms with E-state index in [-0.39, 0.29) is 70.0 Å². The number of likely N-dealkylation sites (tertiary alicyclic amines) is 1. The second kappa shape index (κ2) is 14.6. The van der Waals surface area contributed by atoms with Crippen molar-refractivity contribution in [3.63, 3.8) is 0 Å². The van der Waals surface area contributed by atoms with Crippen LogP contribution in [0.1, 0.15) is 160 Å². The number of aliphatic carboxylic acids is 1. The molecule has 0 aromatic carbocycles. The molecule has 3 amide bonds. The molecule has 0 radical (unpaired) electrons. The van der Waals surface area contributed by atoms with Gasteiger partial charge in [0.1, 0.15) is 17.5 Å². The van der Waals surface area contributed by atoms with E-state index >= 15 is 0 Å². The number of nitrogens with zero attached hydrogens (tertiary/aromatic N) is 1. The normalized spacial score (nSPS) is 36.7. The Bertz CT molecular complexity index is 1690. The maximum Gasteiger partial charge on any atom is 0.410 e. The van der Waals surface area contributed by atoms with Gasteiger partial charge in [0.2, 0.25) is 0 Å². The molecule has 1 aliphatic heterocycles.